The zero-order valence-corrected chi connectivity index (χ0v) is 12.2. The SMILES string of the molecule is CN(C)C(=O)c1cc(CC(=O)Oc2ccccc2)nn1C. The lowest BCUT2D eigenvalue weighted by molar-refractivity contribution is -0.133. The minimum atomic E-state index is -0.414. The standard InChI is InChI=1S/C15H17N3O3/c1-17(2)15(20)13-9-11(16-18(13)3)10-14(19)21-12-7-5-4-6-8-12/h4-9H,10H2,1-3H3. The van der Waals surface area contributed by atoms with Crippen molar-refractivity contribution in [2.45, 2.75) is 6.42 Å². The van der Waals surface area contributed by atoms with Crippen LogP contribution in [-0.2, 0) is 18.3 Å². The lowest BCUT2D eigenvalue weighted by atomic mass is 10.2. The Morgan fingerprint density at radius 3 is 2.52 bits per heavy atom. The highest BCUT2D eigenvalue weighted by atomic mass is 16.5. The van der Waals surface area contributed by atoms with E-state index >= 15 is 0 Å². The average Bonchev–Trinajstić information content (AvgIpc) is 2.79. The first-order valence-corrected chi connectivity index (χ1v) is 6.47. The number of esters is 1. The molecule has 0 spiro atoms. The molecule has 0 bridgehead atoms. The van der Waals surface area contributed by atoms with Gasteiger partial charge in [-0.15, -0.1) is 0 Å². The molecule has 0 saturated carbocycles. The van der Waals surface area contributed by atoms with Crippen LogP contribution >= 0.6 is 0 Å². The lowest BCUT2D eigenvalue weighted by Crippen LogP contribution is -2.24. The molecule has 110 valence electrons. The molecule has 0 aliphatic rings. The van der Waals surface area contributed by atoms with Gasteiger partial charge in [0.15, 0.2) is 0 Å². The van der Waals surface area contributed by atoms with Crippen LogP contribution in [0.5, 0.6) is 5.75 Å². The smallest absolute Gasteiger partial charge is 0.317 e. The molecule has 0 aliphatic carbocycles. The molecule has 21 heavy (non-hydrogen) atoms. The Hall–Kier alpha value is -2.63. The molecule has 0 saturated heterocycles. The number of aromatic nitrogens is 2. The molecule has 2 rings (SSSR count). The van der Waals surface area contributed by atoms with E-state index in [2.05, 4.69) is 5.10 Å². The fourth-order valence-corrected chi connectivity index (χ4v) is 1.85. The van der Waals surface area contributed by atoms with Crippen molar-refractivity contribution in [2.24, 2.45) is 7.05 Å². The Bertz CT molecular complexity index is 647. The molecule has 1 heterocycles. The Morgan fingerprint density at radius 2 is 1.90 bits per heavy atom. The summed E-state index contributed by atoms with van der Waals surface area (Å²) in [4.78, 5) is 25.2. The van der Waals surface area contributed by atoms with Gasteiger partial charge in [0.1, 0.15) is 11.4 Å². The van der Waals surface area contributed by atoms with Crippen LogP contribution in [0.1, 0.15) is 16.2 Å². The number of hydrogen-bond donors (Lipinski definition) is 0. The fourth-order valence-electron chi connectivity index (χ4n) is 1.85. The summed E-state index contributed by atoms with van der Waals surface area (Å²) in [7, 11) is 5.00. The van der Waals surface area contributed by atoms with Crippen LogP contribution in [0.15, 0.2) is 36.4 Å². The molecule has 0 N–H and O–H groups in total. The van der Waals surface area contributed by atoms with Crippen molar-refractivity contribution >= 4 is 11.9 Å². The number of amides is 1. The number of benzene rings is 1. The Morgan fingerprint density at radius 1 is 1.24 bits per heavy atom. The van der Waals surface area contributed by atoms with E-state index in [0.29, 0.717) is 17.1 Å². The van der Waals surface area contributed by atoms with Gasteiger partial charge in [0.2, 0.25) is 0 Å². The minimum absolute atomic E-state index is 0.0173. The van der Waals surface area contributed by atoms with E-state index in [1.165, 1.54) is 9.58 Å². The Labute approximate surface area is 122 Å². The number of carbonyl (C=O) groups is 2. The first-order valence-electron chi connectivity index (χ1n) is 6.47. The number of aryl methyl sites for hydroxylation is 1. The van der Waals surface area contributed by atoms with Crippen molar-refractivity contribution in [3.05, 3.63) is 47.8 Å². The third-order valence-corrected chi connectivity index (χ3v) is 2.86. The van der Waals surface area contributed by atoms with Crippen LogP contribution in [0.4, 0.5) is 0 Å². The second-order valence-electron chi connectivity index (χ2n) is 4.81. The topological polar surface area (TPSA) is 64.4 Å². The summed E-state index contributed by atoms with van der Waals surface area (Å²) in [6, 6.07) is 10.4. The fraction of sp³-hybridized carbons (Fsp3) is 0.267. The van der Waals surface area contributed by atoms with E-state index in [4.69, 9.17) is 4.74 Å². The third-order valence-electron chi connectivity index (χ3n) is 2.86. The molecule has 1 aromatic carbocycles. The van der Waals surface area contributed by atoms with Crippen molar-refractivity contribution in [1.82, 2.24) is 14.7 Å². The summed E-state index contributed by atoms with van der Waals surface area (Å²) >= 11 is 0. The molecule has 1 amide bonds. The van der Waals surface area contributed by atoms with Crippen LogP contribution in [0.2, 0.25) is 0 Å². The van der Waals surface area contributed by atoms with E-state index in [9.17, 15) is 9.59 Å². The molecule has 2 aromatic rings. The van der Waals surface area contributed by atoms with Gasteiger partial charge in [0.05, 0.1) is 12.1 Å². The molecule has 0 unspecified atom stereocenters. The van der Waals surface area contributed by atoms with Gasteiger partial charge in [-0.05, 0) is 18.2 Å². The monoisotopic (exact) mass is 287 g/mol. The molecular weight excluding hydrogens is 270 g/mol. The van der Waals surface area contributed by atoms with E-state index < -0.39 is 5.97 Å². The van der Waals surface area contributed by atoms with E-state index in [1.807, 2.05) is 6.07 Å². The van der Waals surface area contributed by atoms with Gasteiger partial charge in [-0.25, -0.2) is 0 Å². The maximum atomic E-state index is 11.9. The average molecular weight is 287 g/mol. The second-order valence-corrected chi connectivity index (χ2v) is 4.81. The summed E-state index contributed by atoms with van der Waals surface area (Å²) in [5, 5.41) is 4.16. The van der Waals surface area contributed by atoms with Crippen molar-refractivity contribution in [3.8, 4) is 5.75 Å². The Balaban J connectivity index is 2.05. The Kier molecular flexibility index (Phi) is 4.37. The molecular formula is C15H17N3O3. The first kappa shape index (κ1) is 14.8. The number of ether oxygens (including phenoxy) is 1. The minimum Gasteiger partial charge on any atom is -0.426 e. The molecule has 0 fully saturated rings. The van der Waals surface area contributed by atoms with Gasteiger partial charge in [-0.2, -0.15) is 5.10 Å². The van der Waals surface area contributed by atoms with Crippen molar-refractivity contribution < 1.29 is 14.3 Å². The normalized spacial score (nSPS) is 10.2. The number of para-hydroxylation sites is 1. The van der Waals surface area contributed by atoms with Crippen LogP contribution in [-0.4, -0.2) is 40.7 Å². The van der Waals surface area contributed by atoms with Gasteiger partial charge in [-0.3, -0.25) is 14.3 Å². The van der Waals surface area contributed by atoms with Gasteiger partial charge < -0.3 is 9.64 Å². The predicted molar refractivity (Wildman–Crippen MR) is 77.0 cm³/mol. The van der Waals surface area contributed by atoms with Crippen LogP contribution in [0, 0.1) is 0 Å². The number of hydrogen-bond acceptors (Lipinski definition) is 4. The predicted octanol–water partition coefficient (Wildman–Crippen LogP) is 1.27. The van der Waals surface area contributed by atoms with Gasteiger partial charge in [0, 0.05) is 21.1 Å². The number of carbonyl (C=O) groups excluding carboxylic acids is 2. The first-order chi connectivity index (χ1) is 9.97. The van der Waals surface area contributed by atoms with Gasteiger partial charge in [0.25, 0.3) is 5.91 Å². The van der Waals surface area contributed by atoms with Crippen LogP contribution < -0.4 is 4.74 Å². The highest BCUT2D eigenvalue weighted by molar-refractivity contribution is 5.92. The van der Waals surface area contributed by atoms with Crippen LogP contribution in [0.25, 0.3) is 0 Å². The summed E-state index contributed by atoms with van der Waals surface area (Å²) in [5.41, 5.74) is 0.936. The van der Waals surface area contributed by atoms with Crippen molar-refractivity contribution in [1.29, 1.82) is 0 Å². The molecule has 6 nitrogen and oxygen atoms in total. The molecule has 0 atom stereocenters. The summed E-state index contributed by atoms with van der Waals surface area (Å²) in [6.45, 7) is 0. The van der Waals surface area contributed by atoms with E-state index in [-0.39, 0.29) is 12.3 Å². The molecule has 6 heteroatoms. The summed E-state index contributed by atoms with van der Waals surface area (Å²) in [5.74, 6) is -0.0844. The largest absolute Gasteiger partial charge is 0.426 e. The second kappa shape index (κ2) is 6.21. The maximum Gasteiger partial charge on any atom is 0.317 e. The molecule has 1 aromatic heterocycles. The zero-order chi connectivity index (χ0) is 15.4. The summed E-state index contributed by atoms with van der Waals surface area (Å²) < 4.78 is 6.66. The molecule has 0 aliphatic heterocycles. The van der Waals surface area contributed by atoms with Crippen molar-refractivity contribution in [3.63, 3.8) is 0 Å². The van der Waals surface area contributed by atoms with Crippen LogP contribution in [0.3, 0.4) is 0 Å². The molecule has 0 radical (unpaired) electrons. The van der Waals surface area contributed by atoms with Gasteiger partial charge >= 0.3 is 5.97 Å². The van der Waals surface area contributed by atoms with E-state index in [0.717, 1.165) is 0 Å². The van der Waals surface area contributed by atoms with Gasteiger partial charge in [-0.1, -0.05) is 18.2 Å². The summed E-state index contributed by atoms with van der Waals surface area (Å²) in [6.07, 6.45) is 0.0173. The maximum absolute atomic E-state index is 11.9. The number of nitrogens with zero attached hydrogens (tertiary/aromatic N) is 3. The lowest BCUT2D eigenvalue weighted by Gasteiger charge is -2.09. The third kappa shape index (κ3) is 3.68. The number of rotatable bonds is 4. The highest BCUT2D eigenvalue weighted by Gasteiger charge is 2.17. The highest BCUT2D eigenvalue weighted by Crippen LogP contribution is 2.11. The van der Waals surface area contributed by atoms with Crippen molar-refractivity contribution in [2.75, 3.05) is 14.1 Å². The zero-order valence-electron chi connectivity index (χ0n) is 12.2. The van der Waals surface area contributed by atoms with E-state index in [1.54, 1.807) is 51.5 Å². The quantitative estimate of drug-likeness (QED) is 0.627.